The van der Waals surface area contributed by atoms with Gasteiger partial charge >= 0.3 is 0 Å². The van der Waals surface area contributed by atoms with Crippen LogP contribution in [0.4, 0.5) is 0 Å². The molecule has 2 unspecified atom stereocenters. The third kappa shape index (κ3) is 2.84. The molecule has 0 spiro atoms. The van der Waals surface area contributed by atoms with Crippen LogP contribution in [0.3, 0.4) is 0 Å². The van der Waals surface area contributed by atoms with Gasteiger partial charge in [-0.3, -0.25) is 4.79 Å². The van der Waals surface area contributed by atoms with Crippen molar-refractivity contribution in [1.82, 2.24) is 4.90 Å². The monoisotopic (exact) mass is 234 g/mol. The summed E-state index contributed by atoms with van der Waals surface area (Å²) in [4.78, 5) is 14.0. The summed E-state index contributed by atoms with van der Waals surface area (Å²) in [6.45, 7) is 3.67. The second kappa shape index (κ2) is 5.29. The lowest BCUT2D eigenvalue weighted by Gasteiger charge is -2.34. The fourth-order valence-electron chi connectivity index (χ4n) is 1.94. The van der Waals surface area contributed by atoms with Crippen LogP contribution in [0.15, 0.2) is 30.3 Å². The Morgan fingerprint density at radius 3 is 2.82 bits per heavy atom. The number of carbonyl (C=O) groups excluding carboxylic acids is 1. The van der Waals surface area contributed by atoms with E-state index in [2.05, 4.69) is 0 Å². The Kier molecular flexibility index (Phi) is 3.76. The number of hydrogen-bond donors (Lipinski definition) is 1. The molecule has 0 aromatic heterocycles. The summed E-state index contributed by atoms with van der Waals surface area (Å²) in [6, 6.07) is 9.26. The molecule has 0 aliphatic carbocycles. The lowest BCUT2D eigenvalue weighted by molar-refractivity contribution is -0.0300. The SMILES string of the molecule is CC(N)C1CN(C(=O)c2ccccc2)CCO1. The third-order valence-corrected chi connectivity index (χ3v) is 2.99. The highest BCUT2D eigenvalue weighted by atomic mass is 16.5. The summed E-state index contributed by atoms with van der Waals surface area (Å²) >= 11 is 0. The average molecular weight is 234 g/mol. The van der Waals surface area contributed by atoms with Crippen LogP contribution < -0.4 is 5.73 Å². The molecule has 1 aromatic carbocycles. The zero-order valence-electron chi connectivity index (χ0n) is 10.0. The Balaban J connectivity index is 2.05. The summed E-state index contributed by atoms with van der Waals surface area (Å²) in [5.74, 6) is 0.0551. The number of benzene rings is 1. The van der Waals surface area contributed by atoms with Crippen LogP contribution in [0.25, 0.3) is 0 Å². The van der Waals surface area contributed by atoms with Gasteiger partial charge in [0.2, 0.25) is 0 Å². The van der Waals surface area contributed by atoms with Crippen molar-refractivity contribution >= 4 is 5.91 Å². The van der Waals surface area contributed by atoms with Gasteiger partial charge in [0.05, 0.1) is 12.7 Å². The minimum Gasteiger partial charge on any atom is -0.373 e. The zero-order chi connectivity index (χ0) is 12.3. The van der Waals surface area contributed by atoms with Crippen molar-refractivity contribution in [3.8, 4) is 0 Å². The van der Waals surface area contributed by atoms with E-state index >= 15 is 0 Å². The lowest BCUT2D eigenvalue weighted by Crippen LogP contribution is -2.51. The molecule has 1 aliphatic heterocycles. The molecule has 2 rings (SSSR count). The third-order valence-electron chi connectivity index (χ3n) is 2.99. The molecule has 1 heterocycles. The molecule has 1 aromatic rings. The zero-order valence-corrected chi connectivity index (χ0v) is 10.0. The van der Waals surface area contributed by atoms with Gasteiger partial charge in [-0.1, -0.05) is 18.2 Å². The Labute approximate surface area is 101 Å². The van der Waals surface area contributed by atoms with E-state index in [9.17, 15) is 4.79 Å². The van der Waals surface area contributed by atoms with Crippen LogP contribution in [-0.4, -0.2) is 42.6 Å². The van der Waals surface area contributed by atoms with Gasteiger partial charge in [-0.25, -0.2) is 0 Å². The van der Waals surface area contributed by atoms with E-state index in [0.29, 0.717) is 19.7 Å². The standard InChI is InChI=1S/C13H18N2O2/c1-10(14)12-9-15(7-8-17-12)13(16)11-5-3-2-4-6-11/h2-6,10,12H,7-9,14H2,1H3. The van der Waals surface area contributed by atoms with Crippen molar-refractivity contribution in [1.29, 1.82) is 0 Å². The maximum atomic E-state index is 12.2. The topological polar surface area (TPSA) is 55.6 Å². The number of amides is 1. The van der Waals surface area contributed by atoms with Gasteiger partial charge < -0.3 is 15.4 Å². The van der Waals surface area contributed by atoms with Crippen LogP contribution in [0.5, 0.6) is 0 Å². The van der Waals surface area contributed by atoms with Crippen molar-refractivity contribution in [3.63, 3.8) is 0 Å². The first-order valence-electron chi connectivity index (χ1n) is 5.90. The largest absolute Gasteiger partial charge is 0.373 e. The van der Waals surface area contributed by atoms with E-state index < -0.39 is 0 Å². The molecule has 4 heteroatoms. The first kappa shape index (κ1) is 12.1. The highest BCUT2D eigenvalue weighted by Crippen LogP contribution is 2.12. The van der Waals surface area contributed by atoms with Gasteiger partial charge in [0, 0.05) is 24.7 Å². The minimum absolute atomic E-state index is 0.0543. The molecular weight excluding hydrogens is 216 g/mol. The Morgan fingerprint density at radius 2 is 2.18 bits per heavy atom. The Hall–Kier alpha value is -1.39. The molecule has 4 nitrogen and oxygen atoms in total. The van der Waals surface area contributed by atoms with E-state index in [0.717, 1.165) is 5.56 Å². The minimum atomic E-state index is -0.0589. The molecule has 1 saturated heterocycles. The maximum Gasteiger partial charge on any atom is 0.254 e. The predicted molar refractivity (Wildman–Crippen MR) is 65.7 cm³/mol. The van der Waals surface area contributed by atoms with Crippen molar-refractivity contribution in [2.45, 2.75) is 19.1 Å². The smallest absolute Gasteiger partial charge is 0.254 e. The van der Waals surface area contributed by atoms with Crippen molar-refractivity contribution in [3.05, 3.63) is 35.9 Å². The van der Waals surface area contributed by atoms with E-state index in [1.165, 1.54) is 0 Å². The number of hydrogen-bond acceptors (Lipinski definition) is 3. The van der Waals surface area contributed by atoms with Crippen LogP contribution in [0.2, 0.25) is 0 Å². The van der Waals surface area contributed by atoms with E-state index in [1.54, 1.807) is 0 Å². The number of morpholine rings is 1. The Morgan fingerprint density at radius 1 is 1.47 bits per heavy atom. The second-order valence-corrected chi connectivity index (χ2v) is 4.39. The number of ether oxygens (including phenoxy) is 1. The van der Waals surface area contributed by atoms with Crippen molar-refractivity contribution in [2.75, 3.05) is 19.7 Å². The molecule has 17 heavy (non-hydrogen) atoms. The first-order chi connectivity index (χ1) is 8.18. The fraction of sp³-hybridized carbons (Fsp3) is 0.462. The molecule has 0 bridgehead atoms. The summed E-state index contributed by atoms with van der Waals surface area (Å²) in [5.41, 5.74) is 6.53. The van der Waals surface area contributed by atoms with Crippen LogP contribution in [-0.2, 0) is 4.74 Å². The molecule has 0 saturated carbocycles. The fourth-order valence-corrected chi connectivity index (χ4v) is 1.94. The quantitative estimate of drug-likeness (QED) is 0.826. The van der Waals surface area contributed by atoms with Crippen LogP contribution in [0, 0.1) is 0 Å². The van der Waals surface area contributed by atoms with E-state index in [1.807, 2.05) is 42.2 Å². The summed E-state index contributed by atoms with van der Waals surface area (Å²) in [7, 11) is 0. The normalized spacial score (nSPS) is 22.2. The molecule has 92 valence electrons. The summed E-state index contributed by atoms with van der Waals surface area (Å²) in [5, 5.41) is 0. The summed E-state index contributed by atoms with van der Waals surface area (Å²) in [6.07, 6.45) is -0.0589. The van der Waals surface area contributed by atoms with Crippen LogP contribution in [0.1, 0.15) is 17.3 Å². The Bertz CT molecular complexity index is 378. The van der Waals surface area contributed by atoms with Gasteiger partial charge in [-0.05, 0) is 19.1 Å². The van der Waals surface area contributed by atoms with Gasteiger partial charge in [0.15, 0.2) is 0 Å². The van der Waals surface area contributed by atoms with E-state index in [-0.39, 0.29) is 18.1 Å². The molecule has 1 aliphatic rings. The highest BCUT2D eigenvalue weighted by molar-refractivity contribution is 5.94. The lowest BCUT2D eigenvalue weighted by atomic mass is 10.1. The number of carbonyl (C=O) groups is 1. The molecule has 1 fully saturated rings. The number of nitrogens with zero attached hydrogens (tertiary/aromatic N) is 1. The van der Waals surface area contributed by atoms with Crippen molar-refractivity contribution < 1.29 is 9.53 Å². The van der Waals surface area contributed by atoms with Crippen molar-refractivity contribution in [2.24, 2.45) is 5.73 Å². The molecular formula is C13H18N2O2. The molecule has 2 N–H and O–H groups in total. The van der Waals surface area contributed by atoms with Gasteiger partial charge in [0.25, 0.3) is 5.91 Å². The number of nitrogens with two attached hydrogens (primary N) is 1. The van der Waals surface area contributed by atoms with Gasteiger partial charge in [-0.15, -0.1) is 0 Å². The molecule has 1 amide bonds. The average Bonchev–Trinajstić information content (AvgIpc) is 2.39. The van der Waals surface area contributed by atoms with E-state index in [4.69, 9.17) is 10.5 Å². The van der Waals surface area contributed by atoms with Gasteiger partial charge in [-0.2, -0.15) is 0 Å². The first-order valence-corrected chi connectivity index (χ1v) is 5.90. The predicted octanol–water partition coefficient (Wildman–Crippen LogP) is 0.875. The molecule has 2 atom stereocenters. The number of rotatable bonds is 2. The highest BCUT2D eigenvalue weighted by Gasteiger charge is 2.26. The second-order valence-electron chi connectivity index (χ2n) is 4.39. The van der Waals surface area contributed by atoms with Crippen LogP contribution >= 0.6 is 0 Å². The van der Waals surface area contributed by atoms with Gasteiger partial charge in [0.1, 0.15) is 0 Å². The summed E-state index contributed by atoms with van der Waals surface area (Å²) < 4.78 is 5.54. The maximum absolute atomic E-state index is 12.2. The molecule has 0 radical (unpaired) electrons.